The molecule has 2 nitrogen and oxygen atoms in total. The quantitative estimate of drug-likeness (QED) is 0.790. The van der Waals surface area contributed by atoms with Crippen LogP contribution < -0.4 is 5.32 Å². The number of ether oxygens (including phenoxy) is 1. The van der Waals surface area contributed by atoms with Gasteiger partial charge in [0.25, 0.3) is 0 Å². The standard InChI is InChI=1S/C19H25NO/c1-15(20-14-8-13-19(2,3)21-4)17-12-7-10-16-9-5-6-11-18(16)17/h5-13,15,20H,14H2,1-4H3/b13-8+/t15-/m1/s1. The molecule has 0 aromatic heterocycles. The molecule has 21 heavy (non-hydrogen) atoms. The Morgan fingerprint density at radius 3 is 2.62 bits per heavy atom. The van der Waals surface area contributed by atoms with Gasteiger partial charge in [0.1, 0.15) is 0 Å². The highest BCUT2D eigenvalue weighted by atomic mass is 16.5. The summed E-state index contributed by atoms with van der Waals surface area (Å²) in [6.45, 7) is 7.14. The summed E-state index contributed by atoms with van der Waals surface area (Å²) in [4.78, 5) is 0. The molecule has 0 saturated heterocycles. The van der Waals surface area contributed by atoms with Crippen LogP contribution >= 0.6 is 0 Å². The lowest BCUT2D eigenvalue weighted by molar-refractivity contribution is 0.0654. The van der Waals surface area contributed by atoms with Gasteiger partial charge in [0, 0.05) is 19.7 Å². The summed E-state index contributed by atoms with van der Waals surface area (Å²) in [7, 11) is 1.73. The maximum Gasteiger partial charge on any atom is 0.0803 e. The Kier molecular flexibility index (Phi) is 5.16. The number of methoxy groups -OCH3 is 1. The highest BCUT2D eigenvalue weighted by molar-refractivity contribution is 5.86. The molecule has 112 valence electrons. The van der Waals surface area contributed by atoms with Crippen molar-refractivity contribution in [1.82, 2.24) is 5.32 Å². The third-order valence-electron chi connectivity index (χ3n) is 3.88. The van der Waals surface area contributed by atoms with E-state index in [4.69, 9.17) is 4.74 Å². The summed E-state index contributed by atoms with van der Waals surface area (Å²) < 4.78 is 5.37. The molecule has 0 spiro atoms. The molecular weight excluding hydrogens is 258 g/mol. The molecule has 0 aliphatic carbocycles. The van der Waals surface area contributed by atoms with Crippen molar-refractivity contribution in [2.45, 2.75) is 32.4 Å². The molecule has 0 heterocycles. The average Bonchev–Trinajstić information content (AvgIpc) is 2.51. The molecule has 0 unspecified atom stereocenters. The van der Waals surface area contributed by atoms with Crippen molar-refractivity contribution >= 4 is 10.8 Å². The van der Waals surface area contributed by atoms with Crippen molar-refractivity contribution in [2.75, 3.05) is 13.7 Å². The summed E-state index contributed by atoms with van der Waals surface area (Å²) >= 11 is 0. The molecule has 0 radical (unpaired) electrons. The van der Waals surface area contributed by atoms with Gasteiger partial charge in [0.05, 0.1) is 5.60 Å². The van der Waals surface area contributed by atoms with Crippen LogP contribution in [0.5, 0.6) is 0 Å². The van der Waals surface area contributed by atoms with Gasteiger partial charge in [-0.1, -0.05) is 54.6 Å². The van der Waals surface area contributed by atoms with E-state index in [-0.39, 0.29) is 5.60 Å². The second-order valence-electron chi connectivity index (χ2n) is 5.91. The monoisotopic (exact) mass is 283 g/mol. The fourth-order valence-corrected chi connectivity index (χ4v) is 2.39. The molecular formula is C19H25NO. The molecule has 1 N–H and O–H groups in total. The second-order valence-corrected chi connectivity index (χ2v) is 5.91. The van der Waals surface area contributed by atoms with E-state index >= 15 is 0 Å². The topological polar surface area (TPSA) is 21.3 Å². The summed E-state index contributed by atoms with van der Waals surface area (Å²) in [6, 6.07) is 15.3. The highest BCUT2D eigenvalue weighted by Gasteiger charge is 2.11. The molecule has 2 aromatic carbocycles. The number of hydrogen-bond acceptors (Lipinski definition) is 2. The molecule has 1 atom stereocenters. The summed E-state index contributed by atoms with van der Waals surface area (Å²) in [6.07, 6.45) is 4.22. The van der Waals surface area contributed by atoms with Crippen LogP contribution in [0.1, 0.15) is 32.4 Å². The minimum absolute atomic E-state index is 0.204. The summed E-state index contributed by atoms with van der Waals surface area (Å²) in [5, 5.41) is 6.16. The van der Waals surface area contributed by atoms with Crippen molar-refractivity contribution in [2.24, 2.45) is 0 Å². The van der Waals surface area contributed by atoms with Crippen LogP contribution in [-0.2, 0) is 4.74 Å². The van der Waals surface area contributed by atoms with Crippen LogP contribution in [0.25, 0.3) is 10.8 Å². The van der Waals surface area contributed by atoms with Gasteiger partial charge in [-0.3, -0.25) is 0 Å². The van der Waals surface area contributed by atoms with E-state index in [1.54, 1.807) is 7.11 Å². The van der Waals surface area contributed by atoms with E-state index in [9.17, 15) is 0 Å². The third kappa shape index (κ3) is 4.16. The van der Waals surface area contributed by atoms with Crippen molar-refractivity contribution in [3.63, 3.8) is 0 Å². The Balaban J connectivity index is 2.04. The molecule has 0 aliphatic heterocycles. The van der Waals surface area contributed by atoms with Gasteiger partial charge in [-0.25, -0.2) is 0 Å². The Labute approximate surface area is 127 Å². The number of nitrogens with one attached hydrogen (secondary N) is 1. The smallest absolute Gasteiger partial charge is 0.0803 e. The lowest BCUT2D eigenvalue weighted by Gasteiger charge is -2.19. The molecule has 0 aliphatic rings. The normalized spacial score (nSPS) is 13.9. The molecule has 0 bridgehead atoms. The van der Waals surface area contributed by atoms with Crippen LogP contribution in [-0.4, -0.2) is 19.3 Å². The zero-order valence-electron chi connectivity index (χ0n) is 13.4. The maximum atomic E-state index is 5.37. The number of rotatable bonds is 6. The van der Waals surface area contributed by atoms with Gasteiger partial charge in [0.2, 0.25) is 0 Å². The van der Waals surface area contributed by atoms with E-state index in [1.165, 1.54) is 16.3 Å². The maximum absolute atomic E-state index is 5.37. The highest BCUT2D eigenvalue weighted by Crippen LogP contribution is 2.23. The fourth-order valence-electron chi connectivity index (χ4n) is 2.39. The lowest BCUT2D eigenvalue weighted by atomic mass is 10.00. The van der Waals surface area contributed by atoms with E-state index in [1.807, 2.05) is 0 Å². The van der Waals surface area contributed by atoms with E-state index in [0.29, 0.717) is 6.04 Å². The van der Waals surface area contributed by atoms with Gasteiger partial charge in [-0.2, -0.15) is 0 Å². The first-order valence-corrected chi connectivity index (χ1v) is 7.47. The molecule has 0 fully saturated rings. The average molecular weight is 283 g/mol. The van der Waals surface area contributed by atoms with Gasteiger partial charge >= 0.3 is 0 Å². The molecule has 2 heteroatoms. The van der Waals surface area contributed by atoms with Crippen LogP contribution in [0.4, 0.5) is 0 Å². The first kappa shape index (κ1) is 15.7. The SMILES string of the molecule is COC(C)(C)/C=C/CN[C@H](C)c1cccc2ccccc12. The van der Waals surface area contributed by atoms with E-state index < -0.39 is 0 Å². The van der Waals surface area contributed by atoms with Gasteiger partial charge in [-0.15, -0.1) is 0 Å². The second kappa shape index (κ2) is 6.88. The first-order valence-electron chi connectivity index (χ1n) is 7.47. The van der Waals surface area contributed by atoms with E-state index in [0.717, 1.165) is 6.54 Å². The first-order chi connectivity index (χ1) is 10.0. The Hall–Kier alpha value is -1.64. The van der Waals surface area contributed by atoms with Crippen LogP contribution in [0.15, 0.2) is 54.6 Å². The predicted molar refractivity (Wildman–Crippen MR) is 90.6 cm³/mol. The largest absolute Gasteiger partial charge is 0.375 e. The molecule has 0 saturated carbocycles. The number of fused-ring (bicyclic) bond motifs is 1. The van der Waals surface area contributed by atoms with Crippen molar-refractivity contribution < 1.29 is 4.74 Å². The van der Waals surface area contributed by atoms with Gasteiger partial charge in [-0.05, 0) is 37.1 Å². The number of hydrogen-bond donors (Lipinski definition) is 1. The molecule has 0 amide bonds. The Morgan fingerprint density at radius 2 is 1.86 bits per heavy atom. The zero-order chi connectivity index (χ0) is 15.3. The minimum Gasteiger partial charge on any atom is -0.375 e. The molecule has 2 aromatic rings. The van der Waals surface area contributed by atoms with Gasteiger partial charge in [0.15, 0.2) is 0 Å². The van der Waals surface area contributed by atoms with Crippen LogP contribution in [0.3, 0.4) is 0 Å². The Morgan fingerprint density at radius 1 is 1.14 bits per heavy atom. The predicted octanol–water partition coefficient (Wildman–Crippen LogP) is 4.47. The van der Waals surface area contributed by atoms with Crippen LogP contribution in [0.2, 0.25) is 0 Å². The van der Waals surface area contributed by atoms with Gasteiger partial charge < -0.3 is 10.1 Å². The van der Waals surface area contributed by atoms with E-state index in [2.05, 4.69) is 80.7 Å². The third-order valence-corrected chi connectivity index (χ3v) is 3.88. The molecule has 2 rings (SSSR count). The number of benzene rings is 2. The van der Waals surface area contributed by atoms with Crippen LogP contribution in [0, 0.1) is 0 Å². The summed E-state index contributed by atoms with van der Waals surface area (Å²) in [5.41, 5.74) is 1.14. The van der Waals surface area contributed by atoms with Crippen molar-refractivity contribution in [3.8, 4) is 0 Å². The Bertz CT molecular complexity index is 610. The zero-order valence-corrected chi connectivity index (χ0v) is 13.4. The van der Waals surface area contributed by atoms with Crippen molar-refractivity contribution in [1.29, 1.82) is 0 Å². The summed E-state index contributed by atoms with van der Waals surface area (Å²) in [5.74, 6) is 0. The lowest BCUT2D eigenvalue weighted by Crippen LogP contribution is -2.22. The fraction of sp³-hybridized carbons (Fsp3) is 0.368. The minimum atomic E-state index is -0.204. The van der Waals surface area contributed by atoms with Crippen molar-refractivity contribution in [3.05, 3.63) is 60.2 Å².